The summed E-state index contributed by atoms with van der Waals surface area (Å²) < 4.78 is 4.62. The normalized spacial score (nSPS) is 15.8. The Hall–Kier alpha value is -3.03. The third-order valence-corrected chi connectivity index (χ3v) is 6.82. The number of hydrogen-bond acceptors (Lipinski definition) is 4. The molecule has 2 aromatic heterocycles. The SMILES string of the molecule is Cc1cccc(N2C[C@H](C)Cn3c2nc2c3c(=O)n(Cc3ccc(Cl)c(Cl)c3)c(=O)n2C)c1. The van der Waals surface area contributed by atoms with E-state index in [1.54, 1.807) is 25.2 Å². The third kappa shape index (κ3) is 3.65. The maximum Gasteiger partial charge on any atom is 0.332 e. The van der Waals surface area contributed by atoms with Crippen LogP contribution in [0.3, 0.4) is 0 Å². The van der Waals surface area contributed by atoms with Gasteiger partial charge in [0, 0.05) is 25.8 Å². The van der Waals surface area contributed by atoms with Crippen molar-refractivity contribution in [3.63, 3.8) is 0 Å². The van der Waals surface area contributed by atoms with Crippen LogP contribution in [-0.4, -0.2) is 25.2 Å². The highest BCUT2D eigenvalue weighted by Crippen LogP contribution is 2.33. The molecule has 0 amide bonds. The van der Waals surface area contributed by atoms with E-state index in [0.717, 1.165) is 23.4 Å². The van der Waals surface area contributed by atoms with Gasteiger partial charge in [0.15, 0.2) is 11.2 Å². The van der Waals surface area contributed by atoms with Crippen molar-refractivity contribution in [1.29, 1.82) is 0 Å². The van der Waals surface area contributed by atoms with Crippen LogP contribution in [0.15, 0.2) is 52.1 Å². The van der Waals surface area contributed by atoms with Gasteiger partial charge in [-0.3, -0.25) is 13.9 Å². The van der Waals surface area contributed by atoms with E-state index in [4.69, 9.17) is 28.2 Å². The molecule has 0 unspecified atom stereocenters. The van der Waals surface area contributed by atoms with Crippen molar-refractivity contribution in [3.05, 3.63) is 84.5 Å². The topological polar surface area (TPSA) is 65.1 Å². The molecule has 0 N–H and O–H groups in total. The molecule has 1 aliphatic heterocycles. The van der Waals surface area contributed by atoms with Crippen LogP contribution in [0.2, 0.25) is 10.0 Å². The van der Waals surface area contributed by atoms with E-state index in [-0.39, 0.29) is 18.0 Å². The second-order valence-electron chi connectivity index (χ2n) is 8.73. The van der Waals surface area contributed by atoms with Gasteiger partial charge >= 0.3 is 5.69 Å². The fourth-order valence-corrected chi connectivity index (χ4v) is 4.80. The second-order valence-corrected chi connectivity index (χ2v) is 9.55. The lowest BCUT2D eigenvalue weighted by Crippen LogP contribution is -2.40. The van der Waals surface area contributed by atoms with Crippen molar-refractivity contribution in [3.8, 4) is 0 Å². The molecule has 0 spiro atoms. The summed E-state index contributed by atoms with van der Waals surface area (Å²) in [7, 11) is 1.65. The molecule has 0 saturated carbocycles. The summed E-state index contributed by atoms with van der Waals surface area (Å²) in [4.78, 5) is 33.6. The van der Waals surface area contributed by atoms with Gasteiger partial charge in [0.25, 0.3) is 5.56 Å². The van der Waals surface area contributed by atoms with Gasteiger partial charge in [-0.05, 0) is 48.2 Å². The molecule has 0 radical (unpaired) electrons. The van der Waals surface area contributed by atoms with E-state index < -0.39 is 5.69 Å². The van der Waals surface area contributed by atoms with Gasteiger partial charge in [-0.25, -0.2) is 4.79 Å². The first kappa shape index (κ1) is 21.8. The Morgan fingerprint density at radius 1 is 1.06 bits per heavy atom. The lowest BCUT2D eigenvalue weighted by Gasteiger charge is -2.33. The Morgan fingerprint density at radius 3 is 2.58 bits per heavy atom. The molecule has 0 saturated heterocycles. The van der Waals surface area contributed by atoms with Gasteiger partial charge in [0.1, 0.15) is 0 Å². The van der Waals surface area contributed by atoms with E-state index >= 15 is 0 Å². The van der Waals surface area contributed by atoms with Crippen molar-refractivity contribution in [1.82, 2.24) is 18.7 Å². The Kier molecular flexibility index (Phi) is 5.34. The van der Waals surface area contributed by atoms with Crippen LogP contribution < -0.4 is 16.1 Å². The minimum atomic E-state index is -0.427. The predicted molar refractivity (Wildman–Crippen MR) is 132 cm³/mol. The van der Waals surface area contributed by atoms with Crippen molar-refractivity contribution in [2.45, 2.75) is 26.9 Å². The van der Waals surface area contributed by atoms with Crippen LogP contribution in [0.1, 0.15) is 18.1 Å². The Balaban J connectivity index is 1.71. The summed E-state index contributed by atoms with van der Waals surface area (Å²) in [5.41, 5.74) is 2.90. The summed E-state index contributed by atoms with van der Waals surface area (Å²) in [5.74, 6) is 0.962. The Labute approximate surface area is 200 Å². The predicted octanol–water partition coefficient (Wildman–Crippen LogP) is 4.35. The van der Waals surface area contributed by atoms with E-state index in [0.29, 0.717) is 33.7 Å². The number of nitrogens with zero attached hydrogens (tertiary/aromatic N) is 5. The quantitative estimate of drug-likeness (QED) is 0.434. The number of aryl methyl sites for hydroxylation is 2. The lowest BCUT2D eigenvalue weighted by atomic mass is 10.1. The van der Waals surface area contributed by atoms with E-state index in [1.807, 2.05) is 29.7 Å². The maximum absolute atomic E-state index is 13.6. The first-order valence-corrected chi connectivity index (χ1v) is 11.5. The van der Waals surface area contributed by atoms with Crippen LogP contribution in [-0.2, 0) is 20.1 Å². The molecule has 170 valence electrons. The molecule has 2 aromatic carbocycles. The highest BCUT2D eigenvalue weighted by atomic mass is 35.5. The monoisotopic (exact) mass is 483 g/mol. The Bertz CT molecular complexity index is 1520. The molecule has 9 heteroatoms. The van der Waals surface area contributed by atoms with Gasteiger partial charge < -0.3 is 9.47 Å². The van der Waals surface area contributed by atoms with E-state index in [2.05, 4.69) is 17.9 Å². The number of aromatic nitrogens is 4. The van der Waals surface area contributed by atoms with Gasteiger partial charge in [0.2, 0.25) is 5.95 Å². The summed E-state index contributed by atoms with van der Waals surface area (Å²) in [6, 6.07) is 13.3. The molecule has 0 fully saturated rings. The number of rotatable bonds is 3. The molecule has 3 heterocycles. The summed E-state index contributed by atoms with van der Waals surface area (Å²) in [6.07, 6.45) is 0. The average Bonchev–Trinajstić information content (AvgIpc) is 3.16. The van der Waals surface area contributed by atoms with Gasteiger partial charge in [-0.15, -0.1) is 0 Å². The van der Waals surface area contributed by atoms with Gasteiger partial charge in [0.05, 0.1) is 16.6 Å². The number of anilines is 2. The zero-order valence-electron chi connectivity index (χ0n) is 18.5. The Morgan fingerprint density at radius 2 is 1.85 bits per heavy atom. The van der Waals surface area contributed by atoms with Crippen molar-refractivity contribution >= 4 is 46.0 Å². The van der Waals surface area contributed by atoms with E-state index in [9.17, 15) is 9.59 Å². The van der Waals surface area contributed by atoms with Crippen LogP contribution >= 0.6 is 23.2 Å². The lowest BCUT2D eigenvalue weighted by molar-refractivity contribution is 0.458. The number of halogens is 2. The first-order valence-electron chi connectivity index (χ1n) is 10.7. The summed E-state index contributed by atoms with van der Waals surface area (Å²) in [5, 5.41) is 0.802. The molecule has 0 bridgehead atoms. The molecule has 7 nitrogen and oxygen atoms in total. The van der Waals surface area contributed by atoms with Crippen molar-refractivity contribution in [2.75, 3.05) is 11.4 Å². The van der Waals surface area contributed by atoms with Crippen LogP contribution in [0.4, 0.5) is 11.6 Å². The van der Waals surface area contributed by atoms with Crippen LogP contribution in [0.25, 0.3) is 11.2 Å². The zero-order chi connectivity index (χ0) is 23.4. The van der Waals surface area contributed by atoms with Crippen molar-refractivity contribution in [2.24, 2.45) is 13.0 Å². The van der Waals surface area contributed by atoms with Crippen LogP contribution in [0.5, 0.6) is 0 Å². The second kappa shape index (κ2) is 8.08. The average molecular weight is 484 g/mol. The molecule has 4 aromatic rings. The number of fused-ring (bicyclic) bond motifs is 3. The fourth-order valence-electron chi connectivity index (χ4n) is 4.48. The molecule has 1 aliphatic rings. The highest BCUT2D eigenvalue weighted by Gasteiger charge is 2.30. The standard InChI is InChI=1S/C24H23Cl2N5O2/c1-14-5-4-6-17(9-14)29-11-15(2)12-30-20-21(27-23(29)30)28(3)24(33)31(22(20)32)13-16-7-8-18(25)19(26)10-16/h4-10,15H,11-13H2,1-3H3/t15-/m0/s1. The smallest absolute Gasteiger partial charge is 0.312 e. The third-order valence-electron chi connectivity index (χ3n) is 6.08. The number of benzene rings is 2. The maximum atomic E-state index is 13.6. The fraction of sp³-hybridized carbons (Fsp3) is 0.292. The van der Waals surface area contributed by atoms with E-state index in [1.165, 1.54) is 9.13 Å². The molecule has 1 atom stereocenters. The zero-order valence-corrected chi connectivity index (χ0v) is 20.1. The first-order chi connectivity index (χ1) is 15.7. The molecule has 33 heavy (non-hydrogen) atoms. The van der Waals surface area contributed by atoms with Crippen molar-refractivity contribution < 1.29 is 0 Å². The molecular weight excluding hydrogens is 461 g/mol. The number of imidazole rings is 1. The summed E-state index contributed by atoms with van der Waals surface area (Å²) >= 11 is 12.2. The summed E-state index contributed by atoms with van der Waals surface area (Å²) in [6.45, 7) is 5.71. The largest absolute Gasteiger partial charge is 0.332 e. The molecule has 5 rings (SSSR count). The van der Waals surface area contributed by atoms with Gasteiger partial charge in [-0.1, -0.05) is 48.3 Å². The minimum Gasteiger partial charge on any atom is -0.312 e. The highest BCUT2D eigenvalue weighted by molar-refractivity contribution is 6.42. The minimum absolute atomic E-state index is 0.0933. The number of hydrogen-bond donors (Lipinski definition) is 0. The molecule has 0 aliphatic carbocycles. The molecular formula is C24H23Cl2N5O2. The van der Waals surface area contributed by atoms with Crippen LogP contribution in [0, 0.1) is 12.8 Å². The van der Waals surface area contributed by atoms with Gasteiger partial charge in [-0.2, -0.15) is 4.98 Å².